The number of nitrogens with one attached hydrogen (secondary N) is 1. The van der Waals surface area contributed by atoms with E-state index in [1.54, 1.807) is 0 Å². The van der Waals surface area contributed by atoms with Gasteiger partial charge in [-0.05, 0) is 61.2 Å². The number of nitrogens with zero attached hydrogens (tertiary/aromatic N) is 2. The molecule has 0 saturated heterocycles. The number of para-hydroxylation sites is 3. The number of rotatable bonds is 13. The molecule has 36 heavy (non-hydrogen) atoms. The average Bonchev–Trinajstić information content (AvgIpc) is 3.24. The zero-order valence-electron chi connectivity index (χ0n) is 20.5. The third kappa shape index (κ3) is 6.85. The van der Waals surface area contributed by atoms with Crippen LogP contribution in [0.5, 0.6) is 5.75 Å². The summed E-state index contributed by atoms with van der Waals surface area (Å²) in [6.45, 7) is 5.82. The number of ether oxygens (including phenoxy) is 1. The van der Waals surface area contributed by atoms with Gasteiger partial charge in [-0.25, -0.2) is 4.98 Å². The molecular weight excluding hydrogens is 514 g/mol. The molecule has 6 heteroatoms. The molecule has 1 N–H and O–H groups in total. The van der Waals surface area contributed by atoms with Crippen LogP contribution in [0.3, 0.4) is 0 Å². The van der Waals surface area contributed by atoms with Gasteiger partial charge in [0.2, 0.25) is 0 Å². The predicted molar refractivity (Wildman–Crippen MR) is 150 cm³/mol. The molecular formula is C30H32BrN3O2. The van der Waals surface area contributed by atoms with Crippen molar-refractivity contribution < 1.29 is 9.53 Å². The average molecular weight is 547 g/mol. The van der Waals surface area contributed by atoms with E-state index in [4.69, 9.17) is 9.72 Å². The number of unbranched alkanes of at least 4 members (excludes halogenated alkanes) is 2. The molecule has 0 spiro atoms. The van der Waals surface area contributed by atoms with Gasteiger partial charge in [-0.1, -0.05) is 64.8 Å². The van der Waals surface area contributed by atoms with Crippen LogP contribution in [-0.4, -0.2) is 28.6 Å². The number of amides is 1. The Balaban J connectivity index is 1.29. The van der Waals surface area contributed by atoms with Crippen molar-refractivity contribution in [3.63, 3.8) is 0 Å². The lowest BCUT2D eigenvalue weighted by Gasteiger charge is -2.13. The van der Waals surface area contributed by atoms with Gasteiger partial charge in [0.25, 0.3) is 5.91 Å². The minimum absolute atomic E-state index is 0.0345. The predicted octanol–water partition coefficient (Wildman–Crippen LogP) is 6.75. The first kappa shape index (κ1) is 25.7. The van der Waals surface area contributed by atoms with Crippen LogP contribution < -0.4 is 10.1 Å². The standard InChI is InChI=1S/C30H32BrN3O2/c1-2-11-23-12-5-8-17-28(23)36-21-20-34-27-16-7-6-15-26(27)33-29(34)18-4-3-9-19-32-30(35)24-13-10-14-25(31)22-24/h2,5-8,10,12-17,22H,1,3-4,9,11,18-21H2,(H,32,35). The third-order valence-corrected chi connectivity index (χ3v) is 6.59. The quantitative estimate of drug-likeness (QED) is 0.149. The van der Waals surface area contributed by atoms with Crippen molar-refractivity contribution >= 4 is 32.9 Å². The molecule has 0 radical (unpaired) electrons. The van der Waals surface area contributed by atoms with E-state index in [1.165, 1.54) is 0 Å². The zero-order chi connectivity index (χ0) is 25.2. The Kier molecular flexibility index (Phi) is 9.33. The Morgan fingerprint density at radius 2 is 1.86 bits per heavy atom. The number of allylic oxidation sites excluding steroid dienone is 1. The topological polar surface area (TPSA) is 56.1 Å². The van der Waals surface area contributed by atoms with Gasteiger partial charge < -0.3 is 14.6 Å². The van der Waals surface area contributed by atoms with Crippen LogP contribution in [0.2, 0.25) is 0 Å². The number of halogens is 1. The minimum Gasteiger partial charge on any atom is -0.491 e. The summed E-state index contributed by atoms with van der Waals surface area (Å²) in [5.41, 5.74) is 3.97. The number of hydrogen-bond acceptors (Lipinski definition) is 3. The lowest BCUT2D eigenvalue weighted by atomic mass is 10.1. The number of carbonyl (C=O) groups is 1. The summed E-state index contributed by atoms with van der Waals surface area (Å²) >= 11 is 3.41. The fraction of sp³-hybridized carbons (Fsp3) is 0.267. The van der Waals surface area contributed by atoms with Crippen LogP contribution in [0.1, 0.15) is 41.0 Å². The molecule has 0 bridgehead atoms. The molecule has 186 valence electrons. The van der Waals surface area contributed by atoms with E-state index in [0.29, 0.717) is 18.7 Å². The molecule has 3 aromatic carbocycles. The summed E-state index contributed by atoms with van der Waals surface area (Å²) in [5.74, 6) is 1.96. The zero-order valence-corrected chi connectivity index (χ0v) is 22.0. The van der Waals surface area contributed by atoms with E-state index in [1.807, 2.05) is 54.6 Å². The molecule has 0 saturated carbocycles. The van der Waals surface area contributed by atoms with Gasteiger partial charge in [0.1, 0.15) is 18.2 Å². The summed E-state index contributed by atoms with van der Waals surface area (Å²) in [6, 6.07) is 23.8. The van der Waals surface area contributed by atoms with Crippen molar-refractivity contribution in [1.29, 1.82) is 0 Å². The second-order valence-electron chi connectivity index (χ2n) is 8.69. The summed E-state index contributed by atoms with van der Waals surface area (Å²) in [6.07, 6.45) is 6.55. The van der Waals surface area contributed by atoms with Gasteiger partial charge in [-0.3, -0.25) is 4.79 Å². The Hall–Kier alpha value is -3.38. The van der Waals surface area contributed by atoms with E-state index < -0.39 is 0 Å². The monoisotopic (exact) mass is 545 g/mol. The second-order valence-corrected chi connectivity index (χ2v) is 9.61. The number of fused-ring (bicyclic) bond motifs is 1. The van der Waals surface area contributed by atoms with Crippen molar-refractivity contribution in [2.45, 2.75) is 38.6 Å². The molecule has 0 atom stereocenters. The normalized spacial score (nSPS) is 10.9. The Morgan fingerprint density at radius 3 is 2.72 bits per heavy atom. The molecule has 0 aliphatic carbocycles. The highest BCUT2D eigenvalue weighted by molar-refractivity contribution is 9.10. The Morgan fingerprint density at radius 1 is 1.03 bits per heavy atom. The smallest absolute Gasteiger partial charge is 0.251 e. The van der Waals surface area contributed by atoms with Crippen molar-refractivity contribution in [3.8, 4) is 5.75 Å². The molecule has 0 fully saturated rings. The van der Waals surface area contributed by atoms with Crippen LogP contribution in [0, 0.1) is 0 Å². The fourth-order valence-corrected chi connectivity index (χ4v) is 4.70. The molecule has 0 aliphatic rings. The molecule has 1 amide bonds. The van der Waals surface area contributed by atoms with Crippen LogP contribution in [0.15, 0.2) is 89.9 Å². The number of benzene rings is 3. The van der Waals surface area contributed by atoms with Gasteiger partial charge in [-0.2, -0.15) is 0 Å². The number of aromatic nitrogens is 2. The summed E-state index contributed by atoms with van der Waals surface area (Å²) < 4.78 is 9.34. The number of carbonyl (C=O) groups excluding carboxylic acids is 1. The Labute approximate surface area is 221 Å². The molecule has 1 heterocycles. The highest BCUT2D eigenvalue weighted by Gasteiger charge is 2.11. The van der Waals surface area contributed by atoms with Gasteiger partial charge in [0.15, 0.2) is 0 Å². The third-order valence-electron chi connectivity index (χ3n) is 6.09. The largest absolute Gasteiger partial charge is 0.491 e. The summed E-state index contributed by atoms with van der Waals surface area (Å²) in [4.78, 5) is 17.2. The van der Waals surface area contributed by atoms with Gasteiger partial charge in [-0.15, -0.1) is 6.58 Å². The fourth-order valence-electron chi connectivity index (χ4n) is 4.30. The SMILES string of the molecule is C=CCc1ccccc1OCCn1c(CCCCCNC(=O)c2cccc(Br)c2)nc2ccccc21. The maximum absolute atomic E-state index is 12.3. The number of imidazole rings is 1. The first-order valence-electron chi connectivity index (χ1n) is 12.4. The highest BCUT2D eigenvalue weighted by Crippen LogP contribution is 2.21. The van der Waals surface area contributed by atoms with Crippen molar-refractivity contribution in [2.24, 2.45) is 0 Å². The highest BCUT2D eigenvalue weighted by atomic mass is 79.9. The van der Waals surface area contributed by atoms with E-state index >= 15 is 0 Å². The van der Waals surface area contributed by atoms with E-state index in [2.05, 4.69) is 56.7 Å². The van der Waals surface area contributed by atoms with Gasteiger partial charge >= 0.3 is 0 Å². The summed E-state index contributed by atoms with van der Waals surface area (Å²) in [7, 11) is 0. The molecule has 1 aromatic heterocycles. The van der Waals surface area contributed by atoms with Crippen LogP contribution >= 0.6 is 15.9 Å². The Bertz CT molecular complexity index is 1310. The van der Waals surface area contributed by atoms with Gasteiger partial charge in [0.05, 0.1) is 17.6 Å². The molecule has 4 rings (SSSR count). The first-order valence-corrected chi connectivity index (χ1v) is 13.2. The van der Waals surface area contributed by atoms with Crippen LogP contribution in [-0.2, 0) is 19.4 Å². The maximum atomic E-state index is 12.3. The first-order chi connectivity index (χ1) is 17.7. The lowest BCUT2D eigenvalue weighted by Crippen LogP contribution is -2.24. The minimum atomic E-state index is -0.0345. The molecule has 0 unspecified atom stereocenters. The molecule has 5 nitrogen and oxygen atoms in total. The van der Waals surface area contributed by atoms with Crippen molar-refractivity contribution in [2.75, 3.05) is 13.2 Å². The van der Waals surface area contributed by atoms with Gasteiger partial charge in [0, 0.05) is 23.0 Å². The van der Waals surface area contributed by atoms with Crippen molar-refractivity contribution in [3.05, 3.63) is 107 Å². The lowest BCUT2D eigenvalue weighted by molar-refractivity contribution is 0.0953. The number of hydrogen-bond donors (Lipinski definition) is 1. The number of aryl methyl sites for hydroxylation is 1. The van der Waals surface area contributed by atoms with E-state index in [0.717, 1.165) is 71.3 Å². The van der Waals surface area contributed by atoms with Crippen molar-refractivity contribution in [1.82, 2.24) is 14.9 Å². The van der Waals surface area contributed by atoms with E-state index in [9.17, 15) is 4.79 Å². The second kappa shape index (κ2) is 13.1. The molecule has 4 aromatic rings. The molecule has 0 aliphatic heterocycles. The van der Waals surface area contributed by atoms with Crippen LogP contribution in [0.4, 0.5) is 0 Å². The maximum Gasteiger partial charge on any atom is 0.251 e. The summed E-state index contributed by atoms with van der Waals surface area (Å²) in [5, 5.41) is 3.01. The van der Waals surface area contributed by atoms with Crippen LogP contribution in [0.25, 0.3) is 11.0 Å². The van der Waals surface area contributed by atoms with E-state index in [-0.39, 0.29) is 5.91 Å².